The molecule has 25 heavy (non-hydrogen) atoms. The molecule has 1 aliphatic rings. The molecule has 10 nitrogen and oxygen atoms in total. The molecule has 5 unspecified atom stereocenters. The van der Waals surface area contributed by atoms with Crippen molar-refractivity contribution in [3.8, 4) is 5.75 Å². The van der Waals surface area contributed by atoms with Gasteiger partial charge in [0.25, 0.3) is 0 Å². The average Bonchev–Trinajstić information content (AvgIpc) is 2.54. The maximum absolute atomic E-state index is 11.1. The van der Waals surface area contributed by atoms with Crippen LogP contribution in [0.4, 0.5) is 5.69 Å². The van der Waals surface area contributed by atoms with Crippen LogP contribution in [0.3, 0.4) is 0 Å². The van der Waals surface area contributed by atoms with Crippen molar-refractivity contribution < 1.29 is 44.2 Å². The quantitative estimate of drug-likeness (QED) is 0.312. The van der Waals surface area contributed by atoms with Gasteiger partial charge in [-0.3, -0.25) is 4.79 Å². The summed E-state index contributed by atoms with van der Waals surface area (Å²) >= 11 is 0. The molecule has 1 saturated heterocycles. The van der Waals surface area contributed by atoms with Crippen molar-refractivity contribution in [1.29, 1.82) is 0 Å². The molecular weight excluding hydrogens is 338 g/mol. The van der Waals surface area contributed by atoms with E-state index in [0.717, 1.165) is 0 Å². The summed E-state index contributed by atoms with van der Waals surface area (Å²) < 4.78 is 15.3. The van der Waals surface area contributed by atoms with Gasteiger partial charge in [-0.2, -0.15) is 0 Å². The molecule has 0 saturated carbocycles. The number of rotatable bonds is 5. The van der Waals surface area contributed by atoms with Gasteiger partial charge < -0.3 is 40.4 Å². The third-order valence-electron chi connectivity index (χ3n) is 3.57. The largest absolute Gasteiger partial charge is 0.479 e. The van der Waals surface area contributed by atoms with Crippen molar-refractivity contribution in [2.24, 2.45) is 0 Å². The van der Waals surface area contributed by atoms with Gasteiger partial charge in [0.15, 0.2) is 6.10 Å². The summed E-state index contributed by atoms with van der Waals surface area (Å²) in [5.74, 6) is -1.96. The lowest BCUT2D eigenvalue weighted by Crippen LogP contribution is -2.61. The summed E-state index contributed by atoms with van der Waals surface area (Å²) in [6, 6.07) is 4.35. The SMILES string of the molecule is CC(=O)OCc1cc(N)ccc1OC1OC(C(=O)O)C(O)C(O)C1O. The van der Waals surface area contributed by atoms with Crippen molar-refractivity contribution in [3.05, 3.63) is 23.8 Å². The highest BCUT2D eigenvalue weighted by atomic mass is 16.7. The van der Waals surface area contributed by atoms with Gasteiger partial charge in [-0.05, 0) is 18.2 Å². The van der Waals surface area contributed by atoms with E-state index in [1.54, 1.807) is 0 Å². The van der Waals surface area contributed by atoms with Crippen LogP contribution >= 0.6 is 0 Å². The minimum absolute atomic E-state index is 0.104. The van der Waals surface area contributed by atoms with Crippen molar-refractivity contribution in [1.82, 2.24) is 0 Å². The molecule has 10 heteroatoms. The molecule has 0 aromatic heterocycles. The summed E-state index contributed by atoms with van der Waals surface area (Å²) in [6.45, 7) is 1.04. The number of aliphatic carboxylic acids is 1. The number of aliphatic hydroxyl groups is 3. The maximum atomic E-state index is 11.1. The molecule has 138 valence electrons. The first-order valence-electron chi connectivity index (χ1n) is 7.31. The first-order chi connectivity index (χ1) is 11.7. The minimum atomic E-state index is -1.82. The normalized spacial score (nSPS) is 29.0. The number of carboxylic acid groups (broad SMARTS) is 1. The van der Waals surface area contributed by atoms with Crippen LogP contribution in [0.25, 0.3) is 0 Å². The predicted molar refractivity (Wildman–Crippen MR) is 81.3 cm³/mol. The summed E-state index contributed by atoms with van der Waals surface area (Å²) in [6.07, 6.45) is -8.66. The van der Waals surface area contributed by atoms with Gasteiger partial charge in [0, 0.05) is 18.2 Å². The molecular formula is C15H19NO9. The Hall–Kier alpha value is -2.40. The smallest absolute Gasteiger partial charge is 0.335 e. The average molecular weight is 357 g/mol. The highest BCUT2D eigenvalue weighted by Crippen LogP contribution is 2.28. The Morgan fingerprint density at radius 2 is 1.88 bits per heavy atom. The number of nitrogen functional groups attached to an aromatic ring is 1. The Morgan fingerprint density at radius 3 is 2.48 bits per heavy atom. The topological polar surface area (TPSA) is 169 Å². The van der Waals surface area contributed by atoms with E-state index in [1.165, 1.54) is 25.1 Å². The van der Waals surface area contributed by atoms with Crippen LogP contribution < -0.4 is 10.5 Å². The van der Waals surface area contributed by atoms with Crippen LogP contribution in [-0.4, -0.2) is 63.1 Å². The summed E-state index contributed by atoms with van der Waals surface area (Å²) in [4.78, 5) is 22.1. The van der Waals surface area contributed by atoms with E-state index < -0.39 is 42.6 Å². The Bertz CT molecular complexity index is 650. The Morgan fingerprint density at radius 1 is 1.20 bits per heavy atom. The lowest BCUT2D eigenvalue weighted by molar-refractivity contribution is -0.271. The fraction of sp³-hybridized carbons (Fsp3) is 0.467. The fourth-order valence-electron chi connectivity index (χ4n) is 2.28. The monoisotopic (exact) mass is 357 g/mol. The molecule has 6 N–H and O–H groups in total. The Balaban J connectivity index is 2.22. The minimum Gasteiger partial charge on any atom is -0.479 e. The highest BCUT2D eigenvalue weighted by molar-refractivity contribution is 5.73. The van der Waals surface area contributed by atoms with Gasteiger partial charge in [0.1, 0.15) is 30.7 Å². The van der Waals surface area contributed by atoms with Gasteiger partial charge in [-0.25, -0.2) is 4.79 Å². The molecule has 2 rings (SSSR count). The number of carboxylic acids is 1. The van der Waals surface area contributed by atoms with E-state index in [9.17, 15) is 24.9 Å². The molecule has 0 amide bonds. The molecule has 0 spiro atoms. The molecule has 5 atom stereocenters. The number of esters is 1. The van der Waals surface area contributed by atoms with E-state index in [0.29, 0.717) is 11.3 Å². The van der Waals surface area contributed by atoms with Crippen LogP contribution in [0.15, 0.2) is 18.2 Å². The lowest BCUT2D eigenvalue weighted by Gasteiger charge is -2.38. The highest BCUT2D eigenvalue weighted by Gasteiger charge is 2.48. The Kier molecular flexibility index (Phi) is 5.80. The number of carbonyl (C=O) groups excluding carboxylic acids is 1. The second-order valence-electron chi connectivity index (χ2n) is 5.50. The molecule has 0 aliphatic carbocycles. The van der Waals surface area contributed by atoms with Crippen molar-refractivity contribution in [3.63, 3.8) is 0 Å². The number of hydrogen-bond acceptors (Lipinski definition) is 9. The maximum Gasteiger partial charge on any atom is 0.335 e. The zero-order valence-corrected chi connectivity index (χ0v) is 13.2. The number of hydrogen-bond donors (Lipinski definition) is 5. The number of ether oxygens (including phenoxy) is 3. The van der Waals surface area contributed by atoms with Gasteiger partial charge in [-0.1, -0.05) is 0 Å². The van der Waals surface area contributed by atoms with Crippen LogP contribution in [0.5, 0.6) is 5.75 Å². The first-order valence-corrected chi connectivity index (χ1v) is 7.31. The molecule has 1 fully saturated rings. The third-order valence-corrected chi connectivity index (χ3v) is 3.57. The van der Waals surface area contributed by atoms with E-state index in [1.807, 2.05) is 0 Å². The first kappa shape index (κ1) is 18.9. The van der Waals surface area contributed by atoms with Gasteiger partial charge in [0.2, 0.25) is 6.29 Å². The Labute approximate surface area is 142 Å². The molecule has 1 aliphatic heterocycles. The molecule has 1 aromatic rings. The number of aliphatic hydroxyl groups excluding tert-OH is 3. The summed E-state index contributed by atoms with van der Waals surface area (Å²) in [7, 11) is 0. The van der Waals surface area contributed by atoms with E-state index >= 15 is 0 Å². The van der Waals surface area contributed by atoms with Crippen LogP contribution in [0.1, 0.15) is 12.5 Å². The van der Waals surface area contributed by atoms with E-state index in [2.05, 4.69) is 0 Å². The van der Waals surface area contributed by atoms with Crippen LogP contribution in [0, 0.1) is 0 Å². The van der Waals surface area contributed by atoms with E-state index in [-0.39, 0.29) is 12.4 Å². The number of carbonyl (C=O) groups is 2. The zero-order valence-electron chi connectivity index (χ0n) is 13.2. The number of benzene rings is 1. The predicted octanol–water partition coefficient (Wildman–Crippen LogP) is -1.40. The second-order valence-corrected chi connectivity index (χ2v) is 5.50. The second kappa shape index (κ2) is 7.66. The van der Waals surface area contributed by atoms with Crippen LogP contribution in [0.2, 0.25) is 0 Å². The van der Waals surface area contributed by atoms with Gasteiger partial charge in [-0.15, -0.1) is 0 Å². The van der Waals surface area contributed by atoms with Crippen molar-refractivity contribution in [2.75, 3.05) is 5.73 Å². The molecule has 0 bridgehead atoms. The summed E-state index contributed by atoms with van der Waals surface area (Å²) in [5, 5.41) is 38.4. The summed E-state index contributed by atoms with van der Waals surface area (Å²) in [5.41, 5.74) is 6.37. The van der Waals surface area contributed by atoms with Crippen LogP contribution in [-0.2, 0) is 25.7 Å². The van der Waals surface area contributed by atoms with Gasteiger partial charge in [0.05, 0.1) is 0 Å². The fourth-order valence-corrected chi connectivity index (χ4v) is 2.28. The number of anilines is 1. The van der Waals surface area contributed by atoms with E-state index in [4.69, 9.17) is 25.1 Å². The van der Waals surface area contributed by atoms with Crippen molar-refractivity contribution >= 4 is 17.6 Å². The van der Waals surface area contributed by atoms with Crippen molar-refractivity contribution in [2.45, 2.75) is 44.2 Å². The molecule has 1 heterocycles. The number of nitrogens with two attached hydrogens (primary N) is 1. The lowest BCUT2D eigenvalue weighted by atomic mass is 9.99. The zero-order chi connectivity index (χ0) is 18.7. The molecule has 0 radical (unpaired) electrons. The molecule has 1 aromatic carbocycles. The third kappa shape index (κ3) is 4.37. The van der Waals surface area contributed by atoms with Gasteiger partial charge >= 0.3 is 11.9 Å². The standard InChI is InChI=1S/C15H19NO9/c1-6(17)23-5-7-4-8(16)2-3-9(7)24-15-12(20)10(18)11(19)13(25-15)14(21)22/h2-4,10-13,15,18-20H,5,16H2,1H3,(H,21,22).